The van der Waals surface area contributed by atoms with Crippen LogP contribution in [0.15, 0.2) is 52.6 Å². The molecule has 0 saturated heterocycles. The largest absolute Gasteiger partial charge is 0.479 e. The van der Waals surface area contributed by atoms with Gasteiger partial charge in [0.05, 0.1) is 0 Å². The van der Waals surface area contributed by atoms with E-state index in [1.54, 1.807) is 17.5 Å². The monoisotopic (exact) mass is 404 g/mol. The second-order valence-corrected chi connectivity index (χ2v) is 6.89. The van der Waals surface area contributed by atoms with E-state index in [1.165, 1.54) is 29.5 Å². The van der Waals surface area contributed by atoms with Gasteiger partial charge in [0, 0.05) is 17.0 Å². The summed E-state index contributed by atoms with van der Waals surface area (Å²) in [5.41, 5.74) is -0.138. The molecule has 0 fully saturated rings. The van der Waals surface area contributed by atoms with Crippen molar-refractivity contribution >= 4 is 23.2 Å². The zero-order valence-electron chi connectivity index (χ0n) is 14.2. The highest BCUT2D eigenvalue weighted by atomic mass is 32.1. The first kappa shape index (κ1) is 19.4. The van der Waals surface area contributed by atoms with Gasteiger partial charge >= 0.3 is 5.97 Å². The minimum atomic E-state index is -1.27. The number of aromatic amines is 1. The number of thiophene rings is 1. The predicted octanol–water partition coefficient (Wildman–Crippen LogP) is 2.86. The Balaban J connectivity index is 1.77. The Morgan fingerprint density at radius 1 is 1.14 bits per heavy atom. The van der Waals surface area contributed by atoms with Gasteiger partial charge in [0.1, 0.15) is 5.56 Å². The third-order valence-electron chi connectivity index (χ3n) is 3.94. The maximum absolute atomic E-state index is 13.3. The minimum absolute atomic E-state index is 0.126. The quantitative estimate of drug-likeness (QED) is 0.588. The first-order valence-corrected chi connectivity index (χ1v) is 8.96. The lowest BCUT2D eigenvalue weighted by molar-refractivity contribution is -0.139. The van der Waals surface area contributed by atoms with Crippen molar-refractivity contribution in [2.75, 3.05) is 0 Å². The number of hydrogen-bond acceptors (Lipinski definition) is 4. The summed E-state index contributed by atoms with van der Waals surface area (Å²) < 4.78 is 26.3. The molecule has 1 amide bonds. The fourth-order valence-corrected chi connectivity index (χ4v) is 3.35. The minimum Gasteiger partial charge on any atom is -0.479 e. The molecular formula is C19H14F2N2O4S. The number of carbonyl (C=O) groups excluding carboxylic acids is 1. The van der Waals surface area contributed by atoms with Crippen LogP contribution in [-0.4, -0.2) is 22.0 Å². The number of hydrogen-bond donors (Lipinski definition) is 3. The standard InChI is InChI=1S/C19H14F2N2O4S/c20-13-6-3-10(9-14(13)21)8-11-4-5-12(17(24)22-11)18(25)23-16(19(26)27)15-2-1-7-28-15/h1-7,9,16H,8H2,(H,22,24)(H,23,25)(H,26,27). The number of pyridine rings is 1. The van der Waals surface area contributed by atoms with E-state index in [2.05, 4.69) is 10.3 Å². The summed E-state index contributed by atoms with van der Waals surface area (Å²) >= 11 is 1.17. The van der Waals surface area contributed by atoms with E-state index >= 15 is 0 Å². The SMILES string of the molecule is O=C(NC(C(=O)O)c1cccs1)c1ccc(Cc2ccc(F)c(F)c2)[nH]c1=O. The molecule has 3 N–H and O–H groups in total. The third kappa shape index (κ3) is 4.32. The number of aromatic nitrogens is 1. The number of halogens is 2. The lowest BCUT2D eigenvalue weighted by Gasteiger charge is -2.13. The van der Waals surface area contributed by atoms with E-state index in [0.29, 0.717) is 16.1 Å². The van der Waals surface area contributed by atoms with Gasteiger partial charge in [-0.1, -0.05) is 12.1 Å². The van der Waals surface area contributed by atoms with E-state index in [-0.39, 0.29) is 12.0 Å². The molecule has 6 nitrogen and oxygen atoms in total. The molecule has 1 atom stereocenters. The molecule has 0 aliphatic rings. The van der Waals surface area contributed by atoms with Crippen molar-refractivity contribution in [3.63, 3.8) is 0 Å². The summed E-state index contributed by atoms with van der Waals surface area (Å²) in [6, 6.07) is 8.06. The van der Waals surface area contributed by atoms with E-state index in [0.717, 1.165) is 12.1 Å². The molecule has 0 saturated carbocycles. The number of rotatable bonds is 6. The van der Waals surface area contributed by atoms with Gasteiger partial charge in [-0.15, -0.1) is 11.3 Å². The maximum atomic E-state index is 13.3. The molecule has 2 heterocycles. The lowest BCUT2D eigenvalue weighted by atomic mass is 10.1. The summed E-state index contributed by atoms with van der Waals surface area (Å²) in [4.78, 5) is 38.9. The maximum Gasteiger partial charge on any atom is 0.331 e. The molecule has 0 bridgehead atoms. The van der Waals surface area contributed by atoms with E-state index in [9.17, 15) is 28.3 Å². The third-order valence-corrected chi connectivity index (χ3v) is 4.88. The van der Waals surface area contributed by atoms with Gasteiger partial charge in [0.2, 0.25) is 0 Å². The van der Waals surface area contributed by atoms with Gasteiger partial charge in [-0.05, 0) is 41.3 Å². The van der Waals surface area contributed by atoms with Crippen LogP contribution >= 0.6 is 11.3 Å². The summed E-state index contributed by atoms with van der Waals surface area (Å²) in [5, 5.41) is 13.3. The van der Waals surface area contributed by atoms with Crippen LogP contribution in [-0.2, 0) is 11.2 Å². The molecule has 144 valence electrons. The molecule has 0 radical (unpaired) electrons. The normalized spacial score (nSPS) is 11.8. The molecule has 0 aliphatic heterocycles. The molecule has 1 unspecified atom stereocenters. The van der Waals surface area contributed by atoms with E-state index in [1.807, 2.05) is 0 Å². The second-order valence-electron chi connectivity index (χ2n) is 5.91. The van der Waals surface area contributed by atoms with Crippen LogP contribution < -0.4 is 10.9 Å². The van der Waals surface area contributed by atoms with Crippen molar-refractivity contribution in [2.24, 2.45) is 0 Å². The molecule has 3 aromatic rings. The number of carbonyl (C=O) groups is 2. The van der Waals surface area contributed by atoms with Crippen molar-refractivity contribution in [3.8, 4) is 0 Å². The number of amides is 1. The van der Waals surface area contributed by atoms with Gasteiger partial charge in [0.25, 0.3) is 11.5 Å². The van der Waals surface area contributed by atoms with Gasteiger partial charge < -0.3 is 15.4 Å². The molecule has 1 aromatic carbocycles. The Morgan fingerprint density at radius 2 is 1.93 bits per heavy atom. The zero-order chi connectivity index (χ0) is 20.3. The van der Waals surface area contributed by atoms with Crippen LogP contribution in [0, 0.1) is 11.6 Å². The lowest BCUT2D eigenvalue weighted by Crippen LogP contribution is -2.36. The smallest absolute Gasteiger partial charge is 0.331 e. The Labute approximate surface area is 161 Å². The molecule has 0 aliphatic carbocycles. The molecule has 3 rings (SSSR count). The van der Waals surface area contributed by atoms with Crippen LogP contribution in [0.3, 0.4) is 0 Å². The first-order chi connectivity index (χ1) is 13.3. The van der Waals surface area contributed by atoms with Crippen molar-refractivity contribution < 1.29 is 23.5 Å². The van der Waals surface area contributed by atoms with Crippen molar-refractivity contribution in [1.82, 2.24) is 10.3 Å². The predicted molar refractivity (Wildman–Crippen MR) is 98.4 cm³/mol. The highest BCUT2D eigenvalue weighted by molar-refractivity contribution is 7.10. The van der Waals surface area contributed by atoms with Crippen LogP contribution in [0.4, 0.5) is 8.78 Å². The van der Waals surface area contributed by atoms with E-state index in [4.69, 9.17) is 0 Å². The Bertz CT molecular complexity index is 1080. The number of H-pyrrole nitrogens is 1. The molecule has 9 heteroatoms. The van der Waals surface area contributed by atoms with Crippen molar-refractivity contribution in [1.29, 1.82) is 0 Å². The van der Waals surface area contributed by atoms with Gasteiger partial charge in [-0.25, -0.2) is 13.6 Å². The topological polar surface area (TPSA) is 99.3 Å². The van der Waals surface area contributed by atoms with Gasteiger partial charge in [0.15, 0.2) is 17.7 Å². The summed E-state index contributed by atoms with van der Waals surface area (Å²) in [6.45, 7) is 0. The molecule has 2 aromatic heterocycles. The van der Waals surface area contributed by atoms with Crippen LogP contribution in [0.25, 0.3) is 0 Å². The average molecular weight is 404 g/mol. The summed E-state index contributed by atoms with van der Waals surface area (Å²) in [6.07, 6.45) is 0.126. The highest BCUT2D eigenvalue weighted by Crippen LogP contribution is 2.19. The summed E-state index contributed by atoms with van der Waals surface area (Å²) in [7, 11) is 0. The van der Waals surface area contributed by atoms with Crippen LogP contribution in [0.2, 0.25) is 0 Å². The average Bonchev–Trinajstić information content (AvgIpc) is 3.16. The Kier molecular flexibility index (Phi) is 5.65. The number of aliphatic carboxylic acids is 1. The zero-order valence-corrected chi connectivity index (χ0v) is 15.1. The Morgan fingerprint density at radius 3 is 2.54 bits per heavy atom. The fourth-order valence-electron chi connectivity index (χ4n) is 2.58. The second kappa shape index (κ2) is 8.13. The van der Waals surface area contributed by atoms with E-state index < -0.39 is 35.1 Å². The highest BCUT2D eigenvalue weighted by Gasteiger charge is 2.24. The molecule has 0 spiro atoms. The van der Waals surface area contributed by atoms with Crippen molar-refractivity contribution in [2.45, 2.75) is 12.5 Å². The first-order valence-electron chi connectivity index (χ1n) is 8.08. The molecule has 28 heavy (non-hydrogen) atoms. The van der Waals surface area contributed by atoms with Crippen LogP contribution in [0.5, 0.6) is 0 Å². The van der Waals surface area contributed by atoms with Crippen LogP contribution in [0.1, 0.15) is 32.5 Å². The van der Waals surface area contributed by atoms with Gasteiger partial charge in [-0.3, -0.25) is 9.59 Å². The van der Waals surface area contributed by atoms with Crippen molar-refractivity contribution in [3.05, 3.63) is 91.5 Å². The number of carboxylic acid groups (broad SMARTS) is 1. The van der Waals surface area contributed by atoms with Gasteiger partial charge in [-0.2, -0.15) is 0 Å². The summed E-state index contributed by atoms with van der Waals surface area (Å²) in [5.74, 6) is -4.05. The number of nitrogens with one attached hydrogen (secondary N) is 2. The molecular weight excluding hydrogens is 390 g/mol. The fraction of sp³-hybridized carbons (Fsp3) is 0.105. The number of benzene rings is 1. The number of carboxylic acids is 1. The Hall–Kier alpha value is -3.33.